The fourth-order valence-electron chi connectivity index (χ4n) is 3.46. The molecule has 0 fully saturated rings. The first-order valence-electron chi connectivity index (χ1n) is 11.4. The lowest BCUT2D eigenvalue weighted by atomic mass is 9.77. The molecule has 28 heavy (non-hydrogen) atoms. The lowest BCUT2D eigenvalue weighted by Gasteiger charge is -2.28. The Bertz CT molecular complexity index is 943. The first kappa shape index (κ1) is 19.3. The number of benzene rings is 2. The Morgan fingerprint density at radius 1 is 1.18 bits per heavy atom. The lowest BCUT2D eigenvalue weighted by Crippen LogP contribution is -2.27. The maximum atomic E-state index is 8.41. The van der Waals surface area contributed by atoms with Gasteiger partial charge in [0.1, 0.15) is 0 Å². The summed E-state index contributed by atoms with van der Waals surface area (Å²) in [7, 11) is 0. The summed E-state index contributed by atoms with van der Waals surface area (Å²) < 4.78 is 16.8. The minimum Gasteiger partial charge on any atom is -0.293 e. The molecule has 2 unspecified atom stereocenters. The molecule has 150 valence electrons. The van der Waals surface area contributed by atoms with E-state index in [1.165, 1.54) is 16.3 Å². The summed E-state index contributed by atoms with van der Waals surface area (Å²) in [5.41, 5.74) is 2.38. The summed E-state index contributed by atoms with van der Waals surface area (Å²) in [6.07, 6.45) is 4.89. The van der Waals surface area contributed by atoms with Crippen LogP contribution in [0.5, 0.6) is 0 Å². The van der Waals surface area contributed by atoms with Gasteiger partial charge in [-0.05, 0) is 62.0 Å². The fraction of sp³-hybridized carbons (Fsp3) is 0.481. The first-order chi connectivity index (χ1) is 14.0. The summed E-state index contributed by atoms with van der Waals surface area (Å²) >= 11 is 0. The number of likely N-dealkylation sites (N-methyl/N-ethyl adjacent to an activating group) is 1. The van der Waals surface area contributed by atoms with Crippen LogP contribution in [0.15, 0.2) is 48.6 Å². The zero-order valence-corrected chi connectivity index (χ0v) is 18.6. The summed E-state index contributed by atoms with van der Waals surface area (Å²) in [6, 6.07) is 12.7. The number of fused-ring (bicyclic) bond motifs is 1. The van der Waals surface area contributed by atoms with Gasteiger partial charge in [-0.3, -0.25) is 4.90 Å². The van der Waals surface area contributed by atoms with Gasteiger partial charge in [0.05, 0.1) is 0 Å². The molecule has 2 aromatic carbocycles. The van der Waals surface area contributed by atoms with Crippen molar-refractivity contribution in [3.8, 4) is 11.8 Å². The SMILES string of the molecule is [2H]C([2H])(C)N(C/C=C/C#CC(C)(CC)C(C)C)C(C)c1cccc2ccc(C)cc12. The summed E-state index contributed by atoms with van der Waals surface area (Å²) in [6.45, 7) is 13.7. The van der Waals surface area contributed by atoms with E-state index in [-0.39, 0.29) is 11.5 Å². The van der Waals surface area contributed by atoms with Crippen LogP contribution in [0, 0.1) is 30.1 Å². The molecule has 1 heteroatoms. The summed E-state index contributed by atoms with van der Waals surface area (Å²) in [4.78, 5) is 1.89. The van der Waals surface area contributed by atoms with Crippen LogP contribution in [0.1, 0.15) is 67.9 Å². The third kappa shape index (κ3) is 5.27. The second kappa shape index (κ2) is 9.94. The van der Waals surface area contributed by atoms with Gasteiger partial charge in [0.25, 0.3) is 0 Å². The Hall–Kier alpha value is -2.04. The lowest BCUT2D eigenvalue weighted by molar-refractivity contribution is 0.248. The zero-order chi connectivity index (χ0) is 22.5. The van der Waals surface area contributed by atoms with Crippen LogP contribution in [0.3, 0.4) is 0 Å². The monoisotopic (exact) mass is 377 g/mol. The van der Waals surface area contributed by atoms with E-state index in [9.17, 15) is 0 Å². The second-order valence-corrected chi connectivity index (χ2v) is 8.22. The molecule has 0 aliphatic carbocycles. The average Bonchev–Trinajstić information content (AvgIpc) is 2.68. The van der Waals surface area contributed by atoms with Gasteiger partial charge in [-0.15, -0.1) is 0 Å². The number of hydrogen-bond acceptors (Lipinski definition) is 1. The Labute approximate surface area is 175 Å². The maximum Gasteiger partial charge on any atom is 0.0428 e. The molecule has 2 atom stereocenters. The highest BCUT2D eigenvalue weighted by atomic mass is 15.1. The first-order valence-corrected chi connectivity index (χ1v) is 10.4. The van der Waals surface area contributed by atoms with Crippen molar-refractivity contribution in [3.63, 3.8) is 0 Å². The van der Waals surface area contributed by atoms with Crippen molar-refractivity contribution >= 4 is 10.8 Å². The van der Waals surface area contributed by atoms with E-state index in [1.807, 2.05) is 17.1 Å². The number of aryl methyl sites for hydroxylation is 1. The number of allylic oxidation sites excluding steroid dienone is 1. The average molecular weight is 378 g/mol. The van der Waals surface area contributed by atoms with Crippen molar-refractivity contribution in [1.29, 1.82) is 0 Å². The number of rotatable bonds is 7. The smallest absolute Gasteiger partial charge is 0.0428 e. The van der Waals surface area contributed by atoms with Gasteiger partial charge >= 0.3 is 0 Å². The molecule has 1 nitrogen and oxygen atoms in total. The molecule has 0 amide bonds. The molecule has 0 aliphatic heterocycles. The van der Waals surface area contributed by atoms with E-state index in [0.29, 0.717) is 12.5 Å². The van der Waals surface area contributed by atoms with E-state index >= 15 is 0 Å². The molecule has 0 aliphatic rings. The van der Waals surface area contributed by atoms with Gasteiger partial charge in [0.2, 0.25) is 0 Å². The Balaban J connectivity index is 2.29. The van der Waals surface area contributed by atoms with Crippen molar-refractivity contribution in [3.05, 3.63) is 59.7 Å². The van der Waals surface area contributed by atoms with E-state index in [1.54, 1.807) is 6.92 Å². The van der Waals surface area contributed by atoms with Crippen LogP contribution in [0.4, 0.5) is 0 Å². The largest absolute Gasteiger partial charge is 0.293 e. The molecule has 0 N–H and O–H groups in total. The van der Waals surface area contributed by atoms with Crippen molar-refractivity contribution in [1.82, 2.24) is 4.90 Å². The predicted octanol–water partition coefficient (Wildman–Crippen LogP) is 7.16. The standard InChI is InChI=1S/C27H37N/c1-8-27(7,21(3)4)18-11-10-12-19-28(9-2)23(6)25-15-13-14-24-17-16-22(5)20-26(24)25/h10,12-17,20-21,23H,8-9,19H2,1-7H3/b12-10+/i9D2. The molecule has 0 saturated heterocycles. The molecule has 0 aromatic heterocycles. The fourth-order valence-corrected chi connectivity index (χ4v) is 3.46. The van der Waals surface area contributed by atoms with Gasteiger partial charge in [-0.25, -0.2) is 0 Å². The van der Waals surface area contributed by atoms with E-state index in [2.05, 4.69) is 89.8 Å². The molecule has 2 rings (SSSR count). The van der Waals surface area contributed by atoms with Crippen molar-refractivity contribution in [2.24, 2.45) is 11.3 Å². The highest BCUT2D eigenvalue weighted by Crippen LogP contribution is 2.30. The molecular weight excluding hydrogens is 338 g/mol. The minimum absolute atomic E-state index is 0.0114. The number of hydrogen-bond donors (Lipinski definition) is 0. The minimum atomic E-state index is -1.45. The van der Waals surface area contributed by atoms with Crippen LogP contribution >= 0.6 is 0 Å². The quantitative estimate of drug-likeness (QED) is 0.463. The second-order valence-electron chi connectivity index (χ2n) is 8.22. The van der Waals surface area contributed by atoms with E-state index in [4.69, 9.17) is 2.74 Å². The van der Waals surface area contributed by atoms with Gasteiger partial charge in [-0.1, -0.05) is 87.6 Å². The topological polar surface area (TPSA) is 3.24 Å². The van der Waals surface area contributed by atoms with Crippen molar-refractivity contribution in [2.45, 2.75) is 60.9 Å². The van der Waals surface area contributed by atoms with Crippen molar-refractivity contribution < 1.29 is 2.74 Å². The molecule has 0 saturated carbocycles. The molecule has 0 spiro atoms. The molecule has 0 bridgehead atoms. The van der Waals surface area contributed by atoms with E-state index < -0.39 is 6.50 Å². The molecule has 2 aromatic rings. The van der Waals surface area contributed by atoms with Crippen LogP contribution < -0.4 is 0 Å². The van der Waals surface area contributed by atoms with Gasteiger partial charge in [-0.2, -0.15) is 0 Å². The van der Waals surface area contributed by atoms with Gasteiger partial charge in [0, 0.05) is 20.7 Å². The van der Waals surface area contributed by atoms with Gasteiger partial charge < -0.3 is 0 Å². The van der Waals surface area contributed by atoms with Crippen LogP contribution in [0.2, 0.25) is 0 Å². The Morgan fingerprint density at radius 2 is 1.93 bits per heavy atom. The third-order valence-electron chi connectivity index (χ3n) is 6.15. The highest BCUT2D eigenvalue weighted by Gasteiger charge is 2.23. The third-order valence-corrected chi connectivity index (χ3v) is 6.15. The predicted molar refractivity (Wildman–Crippen MR) is 124 cm³/mol. The summed E-state index contributed by atoms with van der Waals surface area (Å²) in [5, 5.41) is 2.38. The molecule has 0 radical (unpaired) electrons. The Morgan fingerprint density at radius 3 is 2.57 bits per heavy atom. The van der Waals surface area contributed by atoms with Crippen LogP contribution in [0.25, 0.3) is 10.8 Å². The van der Waals surface area contributed by atoms with E-state index in [0.717, 1.165) is 12.0 Å². The summed E-state index contributed by atoms with van der Waals surface area (Å²) in [5.74, 6) is 7.10. The Kier molecular flexibility index (Phi) is 6.85. The highest BCUT2D eigenvalue weighted by molar-refractivity contribution is 5.86. The maximum absolute atomic E-state index is 8.41. The van der Waals surface area contributed by atoms with Gasteiger partial charge in [0.15, 0.2) is 0 Å². The molecular formula is C27H37N. The molecule has 0 heterocycles. The zero-order valence-electron chi connectivity index (χ0n) is 20.6. The normalized spacial score (nSPS) is 16.6. The van der Waals surface area contributed by atoms with Crippen LogP contribution in [-0.4, -0.2) is 17.9 Å². The van der Waals surface area contributed by atoms with Crippen molar-refractivity contribution in [2.75, 3.05) is 13.0 Å². The van der Waals surface area contributed by atoms with Crippen LogP contribution in [-0.2, 0) is 0 Å². The number of nitrogens with zero attached hydrogens (tertiary/aromatic N) is 1.